The zero-order chi connectivity index (χ0) is 11.4. The number of hydrogen-bond donors (Lipinski definition) is 1. The maximum Gasteiger partial charge on any atom is 0.123 e. The van der Waals surface area contributed by atoms with Gasteiger partial charge in [-0.2, -0.15) is 0 Å². The monoisotopic (exact) mass is 235 g/mol. The second-order valence-electron chi connectivity index (χ2n) is 3.56. The average Bonchev–Trinajstić information content (AvgIpc) is 2.79. The van der Waals surface area contributed by atoms with E-state index >= 15 is 0 Å². The van der Waals surface area contributed by atoms with Gasteiger partial charge in [-0.1, -0.05) is 25.1 Å². The first kappa shape index (κ1) is 11.3. The number of thiophene rings is 1. The van der Waals surface area contributed by atoms with Crippen LogP contribution in [0.4, 0.5) is 4.39 Å². The third kappa shape index (κ3) is 2.49. The van der Waals surface area contributed by atoms with Crippen LogP contribution in [0.3, 0.4) is 0 Å². The van der Waals surface area contributed by atoms with Crippen LogP contribution < -0.4 is 5.32 Å². The summed E-state index contributed by atoms with van der Waals surface area (Å²) in [6, 6.07) is 11.0. The van der Waals surface area contributed by atoms with Gasteiger partial charge in [0.25, 0.3) is 0 Å². The Labute approximate surface area is 98.9 Å². The molecule has 2 aromatic rings. The van der Waals surface area contributed by atoms with Crippen LogP contribution in [0, 0.1) is 5.82 Å². The molecular weight excluding hydrogens is 221 g/mol. The van der Waals surface area contributed by atoms with E-state index in [1.54, 1.807) is 23.5 Å². The molecule has 0 aliphatic carbocycles. The fourth-order valence-electron chi connectivity index (χ4n) is 1.73. The van der Waals surface area contributed by atoms with Crippen molar-refractivity contribution in [2.24, 2.45) is 0 Å². The maximum absolute atomic E-state index is 13.2. The summed E-state index contributed by atoms with van der Waals surface area (Å²) in [7, 11) is 0. The highest BCUT2D eigenvalue weighted by Gasteiger charge is 2.13. The van der Waals surface area contributed by atoms with Crippen LogP contribution in [-0.4, -0.2) is 6.54 Å². The van der Waals surface area contributed by atoms with Crippen molar-refractivity contribution in [3.05, 3.63) is 58.0 Å². The van der Waals surface area contributed by atoms with E-state index < -0.39 is 0 Å². The number of nitrogens with one attached hydrogen (secondary N) is 1. The van der Waals surface area contributed by atoms with Crippen molar-refractivity contribution < 1.29 is 4.39 Å². The van der Waals surface area contributed by atoms with Crippen molar-refractivity contribution in [2.45, 2.75) is 13.0 Å². The quantitative estimate of drug-likeness (QED) is 0.854. The van der Waals surface area contributed by atoms with E-state index in [1.807, 2.05) is 17.5 Å². The fourth-order valence-corrected chi connectivity index (χ4v) is 2.56. The fraction of sp³-hybridized carbons (Fsp3) is 0.231. The molecule has 1 unspecified atom stereocenters. The van der Waals surface area contributed by atoms with Crippen molar-refractivity contribution in [1.29, 1.82) is 0 Å². The van der Waals surface area contributed by atoms with Gasteiger partial charge in [0.15, 0.2) is 0 Å². The highest BCUT2D eigenvalue weighted by atomic mass is 32.1. The third-order valence-corrected chi connectivity index (χ3v) is 3.36. The number of halogens is 1. The minimum Gasteiger partial charge on any atom is -0.306 e. The molecular formula is C13H14FNS. The zero-order valence-corrected chi connectivity index (χ0v) is 9.93. The molecule has 84 valence electrons. The highest BCUT2D eigenvalue weighted by molar-refractivity contribution is 7.10. The lowest BCUT2D eigenvalue weighted by Gasteiger charge is -2.16. The molecule has 1 N–H and O–H groups in total. The van der Waals surface area contributed by atoms with Crippen molar-refractivity contribution >= 4 is 11.3 Å². The zero-order valence-electron chi connectivity index (χ0n) is 9.11. The van der Waals surface area contributed by atoms with Crippen LogP contribution in [0.25, 0.3) is 0 Å². The molecule has 1 aromatic heterocycles. The number of rotatable bonds is 4. The summed E-state index contributed by atoms with van der Waals surface area (Å²) in [5.41, 5.74) is 0.976. The van der Waals surface area contributed by atoms with Crippen LogP contribution in [0.2, 0.25) is 0 Å². The van der Waals surface area contributed by atoms with E-state index in [0.29, 0.717) is 0 Å². The molecule has 0 saturated heterocycles. The van der Waals surface area contributed by atoms with Gasteiger partial charge in [0, 0.05) is 4.88 Å². The summed E-state index contributed by atoms with van der Waals surface area (Å²) < 4.78 is 13.2. The molecule has 0 fully saturated rings. The topological polar surface area (TPSA) is 12.0 Å². The van der Waals surface area contributed by atoms with E-state index in [-0.39, 0.29) is 11.9 Å². The maximum atomic E-state index is 13.2. The molecule has 0 spiro atoms. The predicted octanol–water partition coefficient (Wildman–Crippen LogP) is 3.59. The molecule has 0 bridgehead atoms. The average molecular weight is 235 g/mol. The minimum absolute atomic E-state index is 0.0979. The van der Waals surface area contributed by atoms with E-state index in [2.05, 4.69) is 18.3 Å². The Morgan fingerprint density at radius 3 is 2.81 bits per heavy atom. The Balaban J connectivity index is 2.33. The van der Waals surface area contributed by atoms with Crippen molar-refractivity contribution in [3.63, 3.8) is 0 Å². The van der Waals surface area contributed by atoms with Crippen LogP contribution in [0.1, 0.15) is 23.4 Å². The molecule has 0 aliphatic rings. The van der Waals surface area contributed by atoms with Crippen LogP contribution in [0.15, 0.2) is 41.8 Å². The minimum atomic E-state index is -0.183. The van der Waals surface area contributed by atoms with Gasteiger partial charge in [-0.15, -0.1) is 11.3 Å². The third-order valence-electron chi connectivity index (χ3n) is 2.42. The van der Waals surface area contributed by atoms with Crippen LogP contribution >= 0.6 is 11.3 Å². The van der Waals surface area contributed by atoms with Gasteiger partial charge >= 0.3 is 0 Å². The van der Waals surface area contributed by atoms with Gasteiger partial charge in [0.1, 0.15) is 5.82 Å². The SMILES string of the molecule is CCNC(c1cccc(F)c1)c1cccs1. The lowest BCUT2D eigenvalue weighted by Crippen LogP contribution is -2.21. The second kappa shape index (κ2) is 5.23. The summed E-state index contributed by atoms with van der Waals surface area (Å²) in [4.78, 5) is 1.22. The molecule has 0 saturated carbocycles. The van der Waals surface area contributed by atoms with E-state index in [9.17, 15) is 4.39 Å². The summed E-state index contributed by atoms with van der Waals surface area (Å²) in [5.74, 6) is -0.183. The second-order valence-corrected chi connectivity index (χ2v) is 4.54. The Morgan fingerprint density at radius 1 is 1.31 bits per heavy atom. The lowest BCUT2D eigenvalue weighted by molar-refractivity contribution is 0.607. The van der Waals surface area contributed by atoms with Crippen molar-refractivity contribution in [1.82, 2.24) is 5.32 Å². The van der Waals surface area contributed by atoms with Gasteiger partial charge in [0.2, 0.25) is 0 Å². The molecule has 1 atom stereocenters. The molecule has 0 radical (unpaired) electrons. The van der Waals surface area contributed by atoms with Crippen LogP contribution in [-0.2, 0) is 0 Å². The first-order chi connectivity index (χ1) is 7.81. The van der Waals surface area contributed by atoms with Crippen LogP contribution in [0.5, 0.6) is 0 Å². The van der Waals surface area contributed by atoms with E-state index in [1.165, 1.54) is 10.9 Å². The van der Waals surface area contributed by atoms with Crippen molar-refractivity contribution in [3.8, 4) is 0 Å². The molecule has 0 aliphatic heterocycles. The lowest BCUT2D eigenvalue weighted by atomic mass is 10.1. The van der Waals surface area contributed by atoms with Crippen molar-refractivity contribution in [2.75, 3.05) is 6.54 Å². The molecule has 16 heavy (non-hydrogen) atoms. The first-order valence-electron chi connectivity index (χ1n) is 5.33. The van der Waals surface area contributed by atoms with Gasteiger partial charge in [-0.3, -0.25) is 0 Å². The smallest absolute Gasteiger partial charge is 0.123 e. The normalized spacial score (nSPS) is 12.6. The van der Waals surface area contributed by atoms with Gasteiger partial charge in [-0.25, -0.2) is 4.39 Å². The Morgan fingerprint density at radius 2 is 2.19 bits per heavy atom. The molecule has 0 amide bonds. The molecule has 2 rings (SSSR count). The number of benzene rings is 1. The summed E-state index contributed by atoms with van der Waals surface area (Å²) in [6.07, 6.45) is 0. The standard InChI is InChI=1S/C13H14FNS/c1-2-15-13(12-7-4-8-16-12)10-5-3-6-11(14)9-10/h3-9,13,15H,2H2,1H3. The predicted molar refractivity (Wildman–Crippen MR) is 66.2 cm³/mol. The molecule has 3 heteroatoms. The largest absolute Gasteiger partial charge is 0.306 e. The molecule has 1 aromatic carbocycles. The summed E-state index contributed by atoms with van der Waals surface area (Å²) in [6.45, 7) is 2.92. The summed E-state index contributed by atoms with van der Waals surface area (Å²) >= 11 is 1.69. The van der Waals surface area contributed by atoms with Gasteiger partial charge < -0.3 is 5.32 Å². The van der Waals surface area contributed by atoms with E-state index in [0.717, 1.165) is 12.1 Å². The Bertz CT molecular complexity index is 439. The van der Waals surface area contributed by atoms with E-state index in [4.69, 9.17) is 0 Å². The number of hydrogen-bond acceptors (Lipinski definition) is 2. The highest BCUT2D eigenvalue weighted by Crippen LogP contribution is 2.26. The molecule has 1 nitrogen and oxygen atoms in total. The Hall–Kier alpha value is -1.19. The first-order valence-corrected chi connectivity index (χ1v) is 6.21. The van der Waals surface area contributed by atoms with Gasteiger partial charge in [-0.05, 0) is 35.7 Å². The summed E-state index contributed by atoms with van der Waals surface area (Å²) in [5, 5.41) is 5.41. The van der Waals surface area contributed by atoms with Gasteiger partial charge in [0.05, 0.1) is 6.04 Å². The Kier molecular flexibility index (Phi) is 3.70. The molecule has 1 heterocycles.